The van der Waals surface area contributed by atoms with Gasteiger partial charge >= 0.3 is 56.3 Å². The minimum Gasteiger partial charge on any atom is -0.456 e. The van der Waals surface area contributed by atoms with Gasteiger partial charge in [0.15, 0.2) is 24.6 Å². The van der Waals surface area contributed by atoms with Crippen LogP contribution in [-0.4, -0.2) is 69.7 Å². The van der Waals surface area contributed by atoms with Crippen LogP contribution in [0.2, 0.25) is 10.0 Å². The Morgan fingerprint density at radius 2 is 1.59 bits per heavy atom. The van der Waals surface area contributed by atoms with Crippen molar-refractivity contribution in [3.8, 4) is 0 Å². The molecule has 0 spiro atoms. The number of ether oxygens (including phenoxy) is 3. The maximum Gasteiger partial charge on any atom is 1.00 e. The molecule has 1 aromatic carbocycles. The van der Waals surface area contributed by atoms with Crippen molar-refractivity contribution in [1.82, 2.24) is 0 Å². The first-order valence-corrected chi connectivity index (χ1v) is 11.8. The first-order chi connectivity index (χ1) is 14.2. The zero-order valence-corrected chi connectivity index (χ0v) is 22.0. The van der Waals surface area contributed by atoms with E-state index in [0.717, 1.165) is 7.11 Å². The van der Waals surface area contributed by atoms with Crippen LogP contribution in [0.4, 0.5) is 0 Å². The van der Waals surface area contributed by atoms with Gasteiger partial charge in [-0.3, -0.25) is 13.9 Å². The molecule has 1 aliphatic rings. The molecule has 0 unspecified atom stereocenters. The molecule has 0 aromatic heterocycles. The molecule has 176 valence electrons. The van der Waals surface area contributed by atoms with Crippen LogP contribution in [0, 0.1) is 0 Å². The van der Waals surface area contributed by atoms with Gasteiger partial charge in [-0.05, 0) is 24.6 Å². The van der Waals surface area contributed by atoms with Gasteiger partial charge in [0, 0.05) is 7.11 Å². The fraction of sp³-hybridized carbons (Fsp3) is 0.533. The number of carbonyl (C=O) groups excluding carboxylic acids is 1. The summed E-state index contributed by atoms with van der Waals surface area (Å²) in [5.41, 5.74) is 0.400. The van der Waals surface area contributed by atoms with Gasteiger partial charge in [-0.2, -0.15) is 16.8 Å². The summed E-state index contributed by atoms with van der Waals surface area (Å²) in [7, 11) is -9.29. The summed E-state index contributed by atoms with van der Waals surface area (Å²) in [5, 5.41) is 0.434. The molecule has 1 fully saturated rings. The average Bonchev–Trinajstić information content (AvgIpc) is 2.61. The predicted molar refractivity (Wildman–Crippen MR) is 104 cm³/mol. The van der Waals surface area contributed by atoms with E-state index in [4.69, 9.17) is 46.5 Å². The molecule has 1 aliphatic heterocycles. The fourth-order valence-corrected chi connectivity index (χ4v) is 4.13. The molecule has 0 bridgehead atoms. The van der Waals surface area contributed by atoms with Crippen LogP contribution in [0.25, 0.3) is 0 Å². The molecule has 12 nitrogen and oxygen atoms in total. The number of hydrogen-bond acceptors (Lipinski definition) is 10. The van der Waals surface area contributed by atoms with Gasteiger partial charge < -0.3 is 14.2 Å². The second-order valence-corrected chi connectivity index (χ2v) is 9.21. The summed E-state index contributed by atoms with van der Waals surface area (Å²) in [6.07, 6.45) is -8.57. The van der Waals surface area contributed by atoms with E-state index < -0.39 is 57.5 Å². The third kappa shape index (κ3) is 8.94. The van der Waals surface area contributed by atoms with Crippen LogP contribution in [-0.2, 0) is 54.6 Å². The SMILES string of the molecule is CO[C@@H]1O[C@@H](C)[C@H](OC(=O)Cc2ccc(Cl)c(Cl)c2)[C@@H](OS(=O)(=O)O)[C@H]1OS(=O)(=O)O.[Na+]. The second kappa shape index (κ2) is 12.1. The quantitative estimate of drug-likeness (QED) is 0.213. The Balaban J connectivity index is 0.00000512. The summed E-state index contributed by atoms with van der Waals surface area (Å²) in [6, 6.07) is 4.35. The van der Waals surface area contributed by atoms with Crippen molar-refractivity contribution in [3.63, 3.8) is 0 Å². The number of methoxy groups -OCH3 is 1. The number of halogens is 2. The summed E-state index contributed by atoms with van der Waals surface area (Å²) in [4.78, 5) is 12.4. The summed E-state index contributed by atoms with van der Waals surface area (Å²) in [6.45, 7) is 1.34. The van der Waals surface area contributed by atoms with E-state index in [9.17, 15) is 21.6 Å². The molecule has 0 saturated carbocycles. The molecular weight excluding hydrogens is 530 g/mol. The van der Waals surface area contributed by atoms with Crippen LogP contribution in [0.15, 0.2) is 18.2 Å². The molecule has 1 heterocycles. The molecule has 0 amide bonds. The Hall–Kier alpha value is -0.0700. The van der Waals surface area contributed by atoms with Gasteiger partial charge in [-0.15, -0.1) is 0 Å². The summed E-state index contributed by atoms with van der Waals surface area (Å²) in [5.74, 6) is -0.913. The molecule has 2 rings (SSSR count). The number of hydrogen-bond donors (Lipinski definition) is 2. The number of carbonyl (C=O) groups is 1. The van der Waals surface area contributed by atoms with E-state index in [2.05, 4.69) is 8.37 Å². The Morgan fingerprint density at radius 1 is 1.03 bits per heavy atom. The normalized spacial score (nSPS) is 26.2. The van der Waals surface area contributed by atoms with Gasteiger partial charge in [0.25, 0.3) is 0 Å². The molecule has 0 aliphatic carbocycles. The van der Waals surface area contributed by atoms with Crippen molar-refractivity contribution in [2.45, 2.75) is 44.1 Å². The Bertz CT molecular complexity index is 1020. The van der Waals surface area contributed by atoms with Crippen molar-refractivity contribution >= 4 is 50.0 Å². The first-order valence-electron chi connectivity index (χ1n) is 8.33. The summed E-state index contributed by atoms with van der Waals surface area (Å²) < 4.78 is 87.5. The molecule has 0 radical (unpaired) electrons. The maximum atomic E-state index is 12.4. The van der Waals surface area contributed by atoms with Crippen LogP contribution in [0.1, 0.15) is 12.5 Å². The second-order valence-electron chi connectivity index (χ2n) is 6.30. The molecule has 32 heavy (non-hydrogen) atoms. The minimum absolute atomic E-state index is 0. The molecule has 2 N–H and O–H groups in total. The van der Waals surface area contributed by atoms with Crippen molar-refractivity contribution in [2.75, 3.05) is 7.11 Å². The van der Waals surface area contributed by atoms with E-state index in [-0.39, 0.29) is 46.0 Å². The zero-order valence-electron chi connectivity index (χ0n) is 16.9. The molecule has 5 atom stereocenters. The van der Waals surface area contributed by atoms with Gasteiger partial charge in [0.1, 0.15) is 0 Å². The first kappa shape index (κ1) is 30.0. The number of esters is 1. The van der Waals surface area contributed by atoms with Crippen LogP contribution < -0.4 is 29.6 Å². The predicted octanol–water partition coefficient (Wildman–Crippen LogP) is -1.78. The zero-order chi connectivity index (χ0) is 23.6. The fourth-order valence-electron chi connectivity index (χ4n) is 2.83. The van der Waals surface area contributed by atoms with Crippen LogP contribution in [0.5, 0.6) is 0 Å². The van der Waals surface area contributed by atoms with Gasteiger partial charge in [0.05, 0.1) is 22.6 Å². The Labute approximate surface area is 216 Å². The van der Waals surface area contributed by atoms with Crippen molar-refractivity contribution in [2.24, 2.45) is 0 Å². The summed E-state index contributed by atoms with van der Waals surface area (Å²) >= 11 is 11.7. The maximum absolute atomic E-state index is 12.4. The van der Waals surface area contributed by atoms with Crippen molar-refractivity contribution in [1.29, 1.82) is 0 Å². The Morgan fingerprint density at radius 3 is 2.09 bits per heavy atom. The van der Waals surface area contributed by atoms with Crippen LogP contribution in [0.3, 0.4) is 0 Å². The standard InChI is InChI=1S/C15H18Cl2O12S2.Na/c1-7-12(27-11(18)6-8-3-4-9(16)10(17)5-8)13(28-30(19,20)21)14(15(25-2)26-7)29-31(22,23)24;/h3-5,7,12-15H,6H2,1-2H3,(H,19,20,21)(H,22,23,24);/q;+1/t7-,12-,13+,14+,15+;/m0./s1. The molecule has 17 heteroatoms. The minimum atomic E-state index is -5.20. The van der Waals surface area contributed by atoms with E-state index in [0.29, 0.717) is 5.56 Å². The van der Waals surface area contributed by atoms with Crippen molar-refractivity contribution < 1.29 is 82.9 Å². The number of benzene rings is 1. The molecular formula is C15H18Cl2NaO12S2+. The monoisotopic (exact) mass is 547 g/mol. The van der Waals surface area contributed by atoms with E-state index >= 15 is 0 Å². The number of rotatable bonds is 8. The smallest absolute Gasteiger partial charge is 0.456 e. The van der Waals surface area contributed by atoms with E-state index in [1.165, 1.54) is 25.1 Å². The third-order valence-electron chi connectivity index (χ3n) is 4.03. The van der Waals surface area contributed by atoms with Crippen molar-refractivity contribution in [3.05, 3.63) is 33.8 Å². The average molecular weight is 548 g/mol. The third-order valence-corrected chi connectivity index (χ3v) is 5.69. The van der Waals surface area contributed by atoms with Crippen LogP contribution >= 0.6 is 23.2 Å². The van der Waals surface area contributed by atoms with E-state index in [1.54, 1.807) is 0 Å². The van der Waals surface area contributed by atoms with Gasteiger partial charge in [-0.25, -0.2) is 8.37 Å². The largest absolute Gasteiger partial charge is 1.00 e. The topological polar surface area (TPSA) is 172 Å². The molecule has 1 aromatic rings. The molecule has 1 saturated heterocycles. The van der Waals surface area contributed by atoms with E-state index in [1.807, 2.05) is 0 Å². The van der Waals surface area contributed by atoms with Gasteiger partial charge in [-0.1, -0.05) is 29.3 Å². The van der Waals surface area contributed by atoms with Gasteiger partial charge in [0.2, 0.25) is 0 Å². The Kier molecular flexibility index (Phi) is 11.3.